The average molecular weight is 230 g/mol. The number of likely N-dealkylation sites (N-methyl/N-ethyl adjacent to an activating group) is 1. The Labute approximate surface area is 96.8 Å². The van der Waals surface area contributed by atoms with Crippen LogP contribution in [-0.2, 0) is 9.53 Å². The molecule has 5 nitrogen and oxygen atoms in total. The van der Waals surface area contributed by atoms with E-state index in [1.165, 1.54) is 0 Å². The third kappa shape index (κ3) is 4.08. The number of hydrogen-bond donors (Lipinski definition) is 2. The summed E-state index contributed by atoms with van der Waals surface area (Å²) in [5.41, 5.74) is 0. The monoisotopic (exact) mass is 230 g/mol. The molecule has 2 atom stereocenters. The molecule has 1 aliphatic heterocycles. The molecular weight excluding hydrogens is 208 g/mol. The van der Waals surface area contributed by atoms with Gasteiger partial charge in [0, 0.05) is 20.1 Å². The van der Waals surface area contributed by atoms with Crippen LogP contribution < -0.4 is 5.32 Å². The summed E-state index contributed by atoms with van der Waals surface area (Å²) in [5.74, 6) is 0.0314. The Bertz CT molecular complexity index is 233. The van der Waals surface area contributed by atoms with Crippen LogP contribution >= 0.6 is 0 Å². The van der Waals surface area contributed by atoms with Crippen LogP contribution in [0.15, 0.2) is 0 Å². The fraction of sp³-hybridized carbons (Fsp3) is 0.909. The van der Waals surface area contributed by atoms with Gasteiger partial charge in [-0.05, 0) is 20.3 Å². The Kier molecular flexibility index (Phi) is 5.18. The number of aliphatic hydroxyl groups excluding tert-OH is 1. The summed E-state index contributed by atoms with van der Waals surface area (Å²) in [6.07, 6.45) is 0.304. The summed E-state index contributed by atoms with van der Waals surface area (Å²) in [6, 6.07) is -0.237. The third-order valence-electron chi connectivity index (χ3n) is 2.66. The summed E-state index contributed by atoms with van der Waals surface area (Å²) < 4.78 is 5.38. The van der Waals surface area contributed by atoms with Gasteiger partial charge in [0.05, 0.1) is 24.9 Å². The number of amides is 1. The molecule has 16 heavy (non-hydrogen) atoms. The van der Waals surface area contributed by atoms with Crippen LogP contribution in [0.3, 0.4) is 0 Å². The van der Waals surface area contributed by atoms with Gasteiger partial charge < -0.3 is 20.1 Å². The number of hydrogen-bond acceptors (Lipinski definition) is 4. The van der Waals surface area contributed by atoms with Crippen molar-refractivity contribution in [2.24, 2.45) is 0 Å². The predicted molar refractivity (Wildman–Crippen MR) is 61.1 cm³/mol. The van der Waals surface area contributed by atoms with Crippen molar-refractivity contribution in [1.82, 2.24) is 10.2 Å². The predicted octanol–water partition coefficient (Wildman–Crippen LogP) is -0.407. The number of carbonyl (C=O) groups is 1. The molecule has 0 aromatic rings. The maximum absolute atomic E-state index is 11.9. The number of carbonyl (C=O) groups excluding carboxylic acids is 1. The van der Waals surface area contributed by atoms with E-state index in [4.69, 9.17) is 4.74 Å². The van der Waals surface area contributed by atoms with Crippen molar-refractivity contribution in [3.8, 4) is 0 Å². The van der Waals surface area contributed by atoms with Gasteiger partial charge in [-0.2, -0.15) is 0 Å². The molecule has 1 saturated heterocycles. The highest BCUT2D eigenvalue weighted by Gasteiger charge is 2.29. The van der Waals surface area contributed by atoms with Gasteiger partial charge in [-0.3, -0.25) is 4.79 Å². The van der Waals surface area contributed by atoms with Crippen molar-refractivity contribution in [3.05, 3.63) is 0 Å². The standard InChI is InChI=1S/C11H22N2O3/c1-8(2)16-5-4-13(3)11(15)10-6-9(14)7-12-10/h8-10,12,14H,4-7H2,1-3H3. The van der Waals surface area contributed by atoms with Crippen molar-refractivity contribution in [3.63, 3.8) is 0 Å². The molecule has 0 aliphatic carbocycles. The number of ether oxygens (including phenoxy) is 1. The number of rotatable bonds is 5. The van der Waals surface area contributed by atoms with Crippen LogP contribution in [0.25, 0.3) is 0 Å². The van der Waals surface area contributed by atoms with E-state index in [0.717, 1.165) is 0 Å². The molecule has 0 radical (unpaired) electrons. The first-order valence-electron chi connectivity index (χ1n) is 5.78. The summed E-state index contributed by atoms with van der Waals surface area (Å²) in [4.78, 5) is 13.5. The summed E-state index contributed by atoms with van der Waals surface area (Å²) >= 11 is 0. The first-order chi connectivity index (χ1) is 7.50. The van der Waals surface area contributed by atoms with Gasteiger partial charge in [-0.15, -0.1) is 0 Å². The molecule has 0 spiro atoms. The van der Waals surface area contributed by atoms with Crippen LogP contribution in [0, 0.1) is 0 Å². The van der Waals surface area contributed by atoms with Crippen molar-refractivity contribution >= 4 is 5.91 Å². The number of β-amino-alcohol motifs (C(OH)–C–C–N with tert-alkyl or cyclic N) is 1. The first-order valence-corrected chi connectivity index (χ1v) is 5.78. The van der Waals surface area contributed by atoms with E-state index in [1.54, 1.807) is 11.9 Å². The Morgan fingerprint density at radius 3 is 2.81 bits per heavy atom. The third-order valence-corrected chi connectivity index (χ3v) is 2.66. The smallest absolute Gasteiger partial charge is 0.239 e. The van der Waals surface area contributed by atoms with Crippen LogP contribution in [0.5, 0.6) is 0 Å². The Morgan fingerprint density at radius 2 is 2.31 bits per heavy atom. The molecule has 1 aliphatic rings. The van der Waals surface area contributed by atoms with Crippen LogP contribution in [0.4, 0.5) is 0 Å². The zero-order chi connectivity index (χ0) is 12.1. The minimum Gasteiger partial charge on any atom is -0.392 e. The molecule has 1 amide bonds. The van der Waals surface area contributed by atoms with Crippen LogP contribution in [0.1, 0.15) is 20.3 Å². The van der Waals surface area contributed by atoms with E-state index < -0.39 is 6.10 Å². The lowest BCUT2D eigenvalue weighted by molar-refractivity contribution is -0.132. The van der Waals surface area contributed by atoms with Crippen LogP contribution in [-0.4, -0.2) is 60.9 Å². The zero-order valence-corrected chi connectivity index (χ0v) is 10.3. The minimum absolute atomic E-state index is 0.0314. The second-order valence-corrected chi connectivity index (χ2v) is 4.53. The molecular formula is C11H22N2O3. The highest BCUT2D eigenvalue weighted by Crippen LogP contribution is 2.08. The summed E-state index contributed by atoms with van der Waals surface area (Å²) in [5, 5.41) is 12.3. The van der Waals surface area contributed by atoms with Crippen molar-refractivity contribution in [1.29, 1.82) is 0 Å². The average Bonchev–Trinajstić information content (AvgIpc) is 2.63. The van der Waals surface area contributed by atoms with E-state index in [1.807, 2.05) is 13.8 Å². The SMILES string of the molecule is CC(C)OCCN(C)C(=O)C1CC(O)CN1. The largest absolute Gasteiger partial charge is 0.392 e. The van der Waals surface area contributed by atoms with Gasteiger partial charge in [0.25, 0.3) is 0 Å². The van der Waals surface area contributed by atoms with Crippen molar-refractivity contribution in [2.45, 2.75) is 38.5 Å². The van der Waals surface area contributed by atoms with Gasteiger partial charge in [0.2, 0.25) is 5.91 Å². The lowest BCUT2D eigenvalue weighted by atomic mass is 10.2. The highest BCUT2D eigenvalue weighted by molar-refractivity contribution is 5.82. The van der Waals surface area contributed by atoms with E-state index in [-0.39, 0.29) is 18.1 Å². The van der Waals surface area contributed by atoms with Gasteiger partial charge in [-0.1, -0.05) is 0 Å². The Balaban J connectivity index is 2.25. The van der Waals surface area contributed by atoms with Gasteiger partial charge in [0.1, 0.15) is 0 Å². The van der Waals surface area contributed by atoms with E-state index >= 15 is 0 Å². The molecule has 1 fully saturated rings. The lowest BCUT2D eigenvalue weighted by Gasteiger charge is -2.21. The molecule has 1 heterocycles. The summed E-state index contributed by atoms with van der Waals surface area (Å²) in [7, 11) is 1.76. The second kappa shape index (κ2) is 6.18. The molecule has 0 bridgehead atoms. The molecule has 94 valence electrons. The number of nitrogens with one attached hydrogen (secondary N) is 1. The van der Waals surface area contributed by atoms with Gasteiger partial charge >= 0.3 is 0 Å². The topological polar surface area (TPSA) is 61.8 Å². The van der Waals surface area contributed by atoms with E-state index in [2.05, 4.69) is 5.32 Å². The van der Waals surface area contributed by atoms with Crippen LogP contribution in [0.2, 0.25) is 0 Å². The first kappa shape index (κ1) is 13.4. The molecule has 0 aromatic carbocycles. The number of aliphatic hydroxyl groups is 1. The fourth-order valence-electron chi connectivity index (χ4n) is 1.71. The summed E-state index contributed by atoms with van der Waals surface area (Å²) in [6.45, 7) is 5.58. The molecule has 2 unspecified atom stereocenters. The highest BCUT2D eigenvalue weighted by atomic mass is 16.5. The zero-order valence-electron chi connectivity index (χ0n) is 10.3. The minimum atomic E-state index is -0.394. The maximum Gasteiger partial charge on any atom is 0.239 e. The van der Waals surface area contributed by atoms with Crippen molar-refractivity contribution < 1.29 is 14.6 Å². The Morgan fingerprint density at radius 1 is 1.62 bits per heavy atom. The van der Waals surface area contributed by atoms with E-state index in [9.17, 15) is 9.90 Å². The second-order valence-electron chi connectivity index (χ2n) is 4.53. The Hall–Kier alpha value is -0.650. The molecule has 0 saturated carbocycles. The maximum atomic E-state index is 11.9. The van der Waals surface area contributed by atoms with Crippen molar-refractivity contribution in [2.75, 3.05) is 26.7 Å². The lowest BCUT2D eigenvalue weighted by Crippen LogP contribution is -2.42. The van der Waals surface area contributed by atoms with E-state index in [0.29, 0.717) is 26.1 Å². The number of nitrogens with zero attached hydrogens (tertiary/aromatic N) is 1. The van der Waals surface area contributed by atoms with Gasteiger partial charge in [-0.25, -0.2) is 0 Å². The molecule has 0 aromatic heterocycles. The normalized spacial score (nSPS) is 25.1. The fourth-order valence-corrected chi connectivity index (χ4v) is 1.71. The molecule has 2 N–H and O–H groups in total. The quantitative estimate of drug-likeness (QED) is 0.674. The molecule has 5 heteroatoms. The van der Waals surface area contributed by atoms with Gasteiger partial charge in [0.15, 0.2) is 0 Å². The molecule has 1 rings (SSSR count).